The molecule has 2 aromatic heterocycles. The highest BCUT2D eigenvalue weighted by Gasteiger charge is 2.20. The maximum Gasteiger partial charge on any atom is 0.259 e. The maximum absolute atomic E-state index is 12.7. The van der Waals surface area contributed by atoms with E-state index in [4.69, 9.17) is 4.98 Å². The second kappa shape index (κ2) is 10.7. The van der Waals surface area contributed by atoms with Crippen LogP contribution in [-0.4, -0.2) is 46.5 Å². The molecule has 1 aliphatic heterocycles. The zero-order valence-electron chi connectivity index (χ0n) is 18.8. The Morgan fingerprint density at radius 1 is 1.23 bits per heavy atom. The third kappa shape index (κ3) is 5.55. The smallest absolute Gasteiger partial charge is 0.259 e. The fraction of sp³-hybridized carbons (Fsp3) is 0.708. The molecule has 31 heavy (non-hydrogen) atoms. The molecule has 1 fully saturated rings. The summed E-state index contributed by atoms with van der Waals surface area (Å²) in [7, 11) is 0. The van der Waals surface area contributed by atoms with Crippen LogP contribution in [0.5, 0.6) is 0 Å². The van der Waals surface area contributed by atoms with Gasteiger partial charge in [0.1, 0.15) is 10.7 Å². The van der Waals surface area contributed by atoms with Crippen molar-refractivity contribution < 1.29 is 4.79 Å². The lowest BCUT2D eigenvalue weighted by Gasteiger charge is -2.35. The SMILES string of the molecule is CC[C@@H]1CCCCN1CCCNC(=O)CCc1nc2sc3c(c2c(=O)[nH]1)CCCCC3. The van der Waals surface area contributed by atoms with Crippen molar-refractivity contribution in [2.75, 3.05) is 19.6 Å². The highest BCUT2D eigenvalue weighted by molar-refractivity contribution is 7.18. The van der Waals surface area contributed by atoms with Crippen LogP contribution in [0.25, 0.3) is 10.2 Å². The van der Waals surface area contributed by atoms with Gasteiger partial charge in [0.05, 0.1) is 5.39 Å². The number of carbonyl (C=O) groups is 1. The highest BCUT2D eigenvalue weighted by Crippen LogP contribution is 2.32. The van der Waals surface area contributed by atoms with Gasteiger partial charge in [0.25, 0.3) is 5.56 Å². The summed E-state index contributed by atoms with van der Waals surface area (Å²) in [5.41, 5.74) is 1.18. The van der Waals surface area contributed by atoms with E-state index in [9.17, 15) is 9.59 Å². The number of carbonyl (C=O) groups excluding carboxylic acids is 1. The van der Waals surface area contributed by atoms with E-state index in [-0.39, 0.29) is 11.5 Å². The van der Waals surface area contributed by atoms with Crippen LogP contribution in [0.3, 0.4) is 0 Å². The Morgan fingerprint density at radius 3 is 2.97 bits per heavy atom. The monoisotopic (exact) mass is 444 g/mol. The molecule has 6 nitrogen and oxygen atoms in total. The summed E-state index contributed by atoms with van der Waals surface area (Å²) in [6.07, 6.45) is 12.6. The molecule has 7 heteroatoms. The van der Waals surface area contributed by atoms with Crippen molar-refractivity contribution in [2.45, 2.75) is 90.0 Å². The molecule has 1 aliphatic carbocycles. The van der Waals surface area contributed by atoms with Gasteiger partial charge in [-0.3, -0.25) is 9.59 Å². The van der Waals surface area contributed by atoms with Gasteiger partial charge in [0.15, 0.2) is 0 Å². The van der Waals surface area contributed by atoms with Crippen LogP contribution in [0.1, 0.15) is 81.0 Å². The number of amides is 1. The number of thiophene rings is 1. The third-order valence-corrected chi connectivity index (χ3v) is 8.06. The highest BCUT2D eigenvalue weighted by atomic mass is 32.1. The number of H-pyrrole nitrogens is 1. The number of nitrogens with zero attached hydrogens (tertiary/aromatic N) is 2. The van der Waals surface area contributed by atoms with Crippen molar-refractivity contribution in [1.29, 1.82) is 0 Å². The second-order valence-corrected chi connectivity index (χ2v) is 10.1. The van der Waals surface area contributed by atoms with Gasteiger partial charge in [-0.15, -0.1) is 11.3 Å². The van der Waals surface area contributed by atoms with Gasteiger partial charge in [-0.25, -0.2) is 4.98 Å². The quantitative estimate of drug-likeness (QED) is 0.477. The van der Waals surface area contributed by atoms with E-state index >= 15 is 0 Å². The van der Waals surface area contributed by atoms with Crippen molar-refractivity contribution in [3.8, 4) is 0 Å². The first kappa shape index (κ1) is 22.5. The average Bonchev–Trinajstić information content (AvgIpc) is 2.97. The van der Waals surface area contributed by atoms with E-state index < -0.39 is 0 Å². The first-order valence-electron chi connectivity index (χ1n) is 12.2. The van der Waals surface area contributed by atoms with Crippen molar-refractivity contribution in [1.82, 2.24) is 20.2 Å². The zero-order chi connectivity index (χ0) is 21.6. The van der Waals surface area contributed by atoms with Crippen LogP contribution in [0.2, 0.25) is 0 Å². The van der Waals surface area contributed by atoms with E-state index in [1.807, 2.05) is 0 Å². The average molecular weight is 445 g/mol. The Balaban J connectivity index is 1.26. The molecule has 2 aromatic rings. The molecule has 2 aliphatic rings. The minimum absolute atomic E-state index is 0.0354. The van der Waals surface area contributed by atoms with Crippen LogP contribution in [0.4, 0.5) is 0 Å². The van der Waals surface area contributed by atoms with E-state index in [1.54, 1.807) is 11.3 Å². The maximum atomic E-state index is 12.7. The van der Waals surface area contributed by atoms with Gasteiger partial charge < -0.3 is 15.2 Å². The first-order chi connectivity index (χ1) is 15.2. The molecule has 1 amide bonds. The molecule has 0 unspecified atom stereocenters. The lowest BCUT2D eigenvalue weighted by Crippen LogP contribution is -2.40. The molecule has 4 rings (SSSR count). The Labute approximate surface area is 188 Å². The Bertz CT molecular complexity index is 951. The minimum atomic E-state index is -0.0354. The van der Waals surface area contributed by atoms with Crippen molar-refractivity contribution in [2.24, 2.45) is 0 Å². The second-order valence-electron chi connectivity index (χ2n) is 9.05. The first-order valence-corrected chi connectivity index (χ1v) is 13.0. The zero-order valence-corrected chi connectivity index (χ0v) is 19.6. The molecule has 2 N–H and O–H groups in total. The number of fused-ring (bicyclic) bond motifs is 3. The Kier molecular flexibility index (Phi) is 7.77. The number of nitrogens with one attached hydrogen (secondary N) is 2. The summed E-state index contributed by atoms with van der Waals surface area (Å²) in [6, 6.07) is 0.717. The molecule has 0 radical (unpaired) electrons. The molecule has 0 aromatic carbocycles. The summed E-state index contributed by atoms with van der Waals surface area (Å²) >= 11 is 1.67. The van der Waals surface area contributed by atoms with Gasteiger partial charge in [-0.05, 0) is 63.5 Å². The number of rotatable bonds is 8. The van der Waals surface area contributed by atoms with Gasteiger partial charge in [-0.2, -0.15) is 0 Å². The van der Waals surface area contributed by atoms with Crippen LogP contribution in [-0.2, 0) is 24.1 Å². The van der Waals surface area contributed by atoms with Crippen LogP contribution in [0.15, 0.2) is 4.79 Å². The van der Waals surface area contributed by atoms with Gasteiger partial charge >= 0.3 is 0 Å². The van der Waals surface area contributed by atoms with Crippen LogP contribution >= 0.6 is 11.3 Å². The summed E-state index contributed by atoms with van der Waals surface area (Å²) in [5, 5.41) is 3.83. The summed E-state index contributed by atoms with van der Waals surface area (Å²) in [6.45, 7) is 5.24. The minimum Gasteiger partial charge on any atom is -0.356 e. The largest absolute Gasteiger partial charge is 0.356 e. The molecule has 0 bridgehead atoms. The van der Waals surface area contributed by atoms with E-state index in [1.165, 1.54) is 55.5 Å². The van der Waals surface area contributed by atoms with Gasteiger partial charge in [0.2, 0.25) is 5.91 Å². The fourth-order valence-electron chi connectivity index (χ4n) is 5.15. The van der Waals surface area contributed by atoms with E-state index in [0.717, 1.165) is 48.5 Å². The molecular formula is C24H36N4O2S. The van der Waals surface area contributed by atoms with E-state index in [0.29, 0.717) is 25.2 Å². The number of aromatic nitrogens is 2. The van der Waals surface area contributed by atoms with Crippen molar-refractivity contribution in [3.05, 3.63) is 26.6 Å². The molecular weight excluding hydrogens is 408 g/mol. The molecule has 170 valence electrons. The predicted molar refractivity (Wildman–Crippen MR) is 127 cm³/mol. The standard InChI is InChI=1S/C24H36N4O2S/c1-2-17-9-6-7-15-28(17)16-8-14-25-21(29)13-12-20-26-23(30)22-18-10-4-3-5-11-19(18)31-24(22)27-20/h17H,2-16H2,1H3,(H,25,29)(H,26,27,30)/t17-/m1/s1. The van der Waals surface area contributed by atoms with Gasteiger partial charge in [0, 0.05) is 36.9 Å². The molecule has 0 saturated carbocycles. The number of hydrogen-bond acceptors (Lipinski definition) is 5. The normalized spacial score (nSPS) is 19.8. The molecule has 1 saturated heterocycles. The summed E-state index contributed by atoms with van der Waals surface area (Å²) < 4.78 is 0. The number of aromatic amines is 1. The summed E-state index contributed by atoms with van der Waals surface area (Å²) in [5.74, 6) is 0.665. The predicted octanol–water partition coefficient (Wildman–Crippen LogP) is 3.96. The fourth-order valence-corrected chi connectivity index (χ4v) is 6.43. The lowest BCUT2D eigenvalue weighted by molar-refractivity contribution is -0.121. The lowest BCUT2D eigenvalue weighted by atomic mass is 10.00. The molecule has 0 spiro atoms. The Morgan fingerprint density at radius 2 is 2.10 bits per heavy atom. The van der Waals surface area contributed by atoms with Crippen LogP contribution < -0.4 is 10.9 Å². The molecule has 3 heterocycles. The number of aryl methyl sites for hydroxylation is 3. The Hall–Kier alpha value is -1.73. The van der Waals surface area contributed by atoms with Crippen molar-refractivity contribution >= 4 is 27.5 Å². The topological polar surface area (TPSA) is 78.1 Å². The van der Waals surface area contributed by atoms with Gasteiger partial charge in [-0.1, -0.05) is 19.8 Å². The van der Waals surface area contributed by atoms with Crippen molar-refractivity contribution in [3.63, 3.8) is 0 Å². The van der Waals surface area contributed by atoms with Crippen LogP contribution in [0, 0.1) is 0 Å². The summed E-state index contributed by atoms with van der Waals surface area (Å²) in [4.78, 5) is 37.4. The number of hydrogen-bond donors (Lipinski definition) is 2. The number of piperidine rings is 1. The third-order valence-electron chi connectivity index (χ3n) is 6.88. The number of likely N-dealkylation sites (tertiary alicyclic amines) is 1. The molecule has 1 atom stereocenters. The van der Waals surface area contributed by atoms with E-state index in [2.05, 4.69) is 22.1 Å².